The number of hydrogen-bond acceptors (Lipinski definition) is 5. The highest BCUT2D eigenvalue weighted by molar-refractivity contribution is 6.37. The second-order valence-corrected chi connectivity index (χ2v) is 8.08. The van der Waals surface area contributed by atoms with E-state index in [4.69, 9.17) is 27.9 Å². The lowest BCUT2D eigenvalue weighted by Gasteiger charge is -2.16. The van der Waals surface area contributed by atoms with Crippen molar-refractivity contribution < 1.29 is 23.9 Å². The average Bonchev–Trinajstić information content (AvgIpc) is 3.04. The van der Waals surface area contributed by atoms with Gasteiger partial charge < -0.3 is 10.1 Å². The topological polar surface area (TPSA) is 92.8 Å². The van der Waals surface area contributed by atoms with Crippen LogP contribution in [0.25, 0.3) is 0 Å². The number of esters is 1. The second kappa shape index (κ2) is 9.05. The van der Waals surface area contributed by atoms with E-state index in [1.807, 2.05) is 6.07 Å². The summed E-state index contributed by atoms with van der Waals surface area (Å²) in [5, 5.41) is 3.17. The Hall–Kier alpha value is -3.68. The molecule has 3 aromatic rings. The van der Waals surface area contributed by atoms with Gasteiger partial charge in [-0.15, -0.1) is 0 Å². The molecule has 1 N–H and O–H groups in total. The maximum atomic E-state index is 12.9. The van der Waals surface area contributed by atoms with Crippen LogP contribution in [0.15, 0.2) is 60.7 Å². The lowest BCUT2D eigenvalue weighted by molar-refractivity contribution is -0.119. The Morgan fingerprint density at radius 2 is 1.67 bits per heavy atom. The molecule has 0 bridgehead atoms. The molecule has 0 atom stereocenters. The standard InChI is InChI=1S/C24H16Cl2N2O5/c1-13-4-2-3-5-20(13)28-22(30)16-8-6-14(10-17(16)23(28)31)24(32)33-12-21(29)27-19-9-7-15(25)11-18(19)26/h2-11H,12H2,1H3,(H,27,29). The van der Waals surface area contributed by atoms with Gasteiger partial charge in [-0.3, -0.25) is 14.4 Å². The first-order chi connectivity index (χ1) is 15.8. The Bertz CT molecular complexity index is 1320. The molecule has 0 unspecified atom stereocenters. The molecule has 0 spiro atoms. The van der Waals surface area contributed by atoms with Gasteiger partial charge in [-0.05, 0) is 55.0 Å². The van der Waals surface area contributed by atoms with Gasteiger partial charge in [-0.1, -0.05) is 41.4 Å². The van der Waals surface area contributed by atoms with E-state index in [-0.39, 0.29) is 21.7 Å². The Balaban J connectivity index is 1.46. The molecule has 0 aliphatic carbocycles. The van der Waals surface area contributed by atoms with E-state index in [1.165, 1.54) is 30.3 Å². The Morgan fingerprint density at radius 1 is 0.939 bits per heavy atom. The van der Waals surface area contributed by atoms with Crippen molar-refractivity contribution in [2.45, 2.75) is 6.92 Å². The fraction of sp³-hybridized carbons (Fsp3) is 0.0833. The zero-order valence-corrected chi connectivity index (χ0v) is 18.7. The minimum atomic E-state index is -0.815. The molecule has 166 valence electrons. The third-order valence-electron chi connectivity index (χ3n) is 5.02. The number of carbonyl (C=O) groups excluding carboxylic acids is 4. The molecular formula is C24H16Cl2N2O5. The number of ether oxygens (including phenoxy) is 1. The number of imide groups is 1. The molecule has 0 saturated heterocycles. The van der Waals surface area contributed by atoms with Crippen LogP contribution in [0.2, 0.25) is 10.0 Å². The van der Waals surface area contributed by atoms with Crippen LogP contribution in [0.3, 0.4) is 0 Å². The average molecular weight is 483 g/mol. The monoisotopic (exact) mass is 482 g/mol. The minimum Gasteiger partial charge on any atom is -0.452 e. The molecule has 33 heavy (non-hydrogen) atoms. The number of fused-ring (bicyclic) bond motifs is 1. The summed E-state index contributed by atoms with van der Waals surface area (Å²) in [5.74, 6) is -2.42. The molecule has 3 aromatic carbocycles. The van der Waals surface area contributed by atoms with Gasteiger partial charge in [-0.2, -0.15) is 0 Å². The third kappa shape index (κ3) is 4.46. The summed E-state index contributed by atoms with van der Waals surface area (Å²) in [7, 11) is 0. The fourth-order valence-corrected chi connectivity index (χ4v) is 3.85. The Labute approximate surface area is 198 Å². The van der Waals surface area contributed by atoms with Crippen LogP contribution in [-0.2, 0) is 9.53 Å². The number of anilines is 2. The first-order valence-corrected chi connectivity index (χ1v) is 10.5. The van der Waals surface area contributed by atoms with E-state index in [2.05, 4.69) is 5.32 Å². The number of rotatable bonds is 5. The number of amides is 3. The van der Waals surface area contributed by atoms with Crippen molar-refractivity contribution in [3.8, 4) is 0 Å². The van der Waals surface area contributed by atoms with Crippen LogP contribution in [0, 0.1) is 6.92 Å². The van der Waals surface area contributed by atoms with Gasteiger partial charge in [0, 0.05) is 5.02 Å². The highest BCUT2D eigenvalue weighted by atomic mass is 35.5. The molecule has 1 aliphatic heterocycles. The molecule has 7 nitrogen and oxygen atoms in total. The fourth-order valence-electron chi connectivity index (χ4n) is 3.39. The summed E-state index contributed by atoms with van der Waals surface area (Å²) in [4.78, 5) is 51.4. The second-order valence-electron chi connectivity index (χ2n) is 7.24. The van der Waals surface area contributed by atoms with Crippen molar-refractivity contribution in [2.24, 2.45) is 0 Å². The maximum absolute atomic E-state index is 12.9. The normalized spacial score (nSPS) is 12.5. The highest BCUT2D eigenvalue weighted by Crippen LogP contribution is 2.31. The third-order valence-corrected chi connectivity index (χ3v) is 5.57. The number of nitrogens with one attached hydrogen (secondary N) is 1. The number of halogens is 2. The molecule has 0 saturated carbocycles. The van der Waals surface area contributed by atoms with Gasteiger partial charge in [0.05, 0.1) is 33.1 Å². The largest absolute Gasteiger partial charge is 0.452 e. The smallest absolute Gasteiger partial charge is 0.338 e. The molecule has 4 rings (SSSR count). The summed E-state index contributed by atoms with van der Waals surface area (Å²) in [6, 6.07) is 15.6. The van der Waals surface area contributed by atoms with E-state index < -0.39 is 30.3 Å². The van der Waals surface area contributed by atoms with Gasteiger partial charge >= 0.3 is 5.97 Å². The van der Waals surface area contributed by atoms with E-state index in [1.54, 1.807) is 31.2 Å². The predicted octanol–water partition coefficient (Wildman–Crippen LogP) is 4.90. The number of aryl methyl sites for hydroxylation is 1. The Morgan fingerprint density at radius 3 is 2.39 bits per heavy atom. The van der Waals surface area contributed by atoms with Crippen molar-refractivity contribution in [2.75, 3.05) is 16.8 Å². The summed E-state index contributed by atoms with van der Waals surface area (Å²) >= 11 is 11.8. The summed E-state index contributed by atoms with van der Waals surface area (Å²) in [6.45, 7) is 1.22. The summed E-state index contributed by atoms with van der Waals surface area (Å²) in [5.41, 5.74) is 1.88. The Kier molecular flexibility index (Phi) is 6.18. The number of para-hydroxylation sites is 1. The molecule has 1 aliphatic rings. The molecular weight excluding hydrogens is 467 g/mol. The molecule has 0 fully saturated rings. The van der Waals surface area contributed by atoms with Gasteiger partial charge in [0.25, 0.3) is 17.7 Å². The minimum absolute atomic E-state index is 0.0406. The van der Waals surface area contributed by atoms with Crippen molar-refractivity contribution in [1.82, 2.24) is 0 Å². The van der Waals surface area contributed by atoms with E-state index in [0.29, 0.717) is 16.4 Å². The zero-order chi connectivity index (χ0) is 23.7. The lowest BCUT2D eigenvalue weighted by atomic mass is 10.1. The number of benzene rings is 3. The van der Waals surface area contributed by atoms with E-state index in [9.17, 15) is 19.2 Å². The molecule has 0 aromatic heterocycles. The number of hydrogen-bond donors (Lipinski definition) is 1. The van der Waals surface area contributed by atoms with Gasteiger partial charge in [0.1, 0.15) is 0 Å². The summed E-state index contributed by atoms with van der Waals surface area (Å²) < 4.78 is 5.05. The van der Waals surface area contributed by atoms with Crippen LogP contribution < -0.4 is 10.2 Å². The van der Waals surface area contributed by atoms with Crippen molar-refractivity contribution in [3.63, 3.8) is 0 Å². The van der Waals surface area contributed by atoms with Crippen LogP contribution >= 0.6 is 23.2 Å². The highest BCUT2D eigenvalue weighted by Gasteiger charge is 2.37. The number of nitrogens with zero attached hydrogens (tertiary/aromatic N) is 1. The van der Waals surface area contributed by atoms with Crippen molar-refractivity contribution >= 4 is 58.3 Å². The number of carbonyl (C=O) groups is 4. The first kappa shape index (κ1) is 22.5. The van der Waals surface area contributed by atoms with Gasteiger partial charge in [0.15, 0.2) is 6.61 Å². The molecule has 3 amide bonds. The van der Waals surface area contributed by atoms with Gasteiger partial charge in [0.2, 0.25) is 0 Å². The van der Waals surface area contributed by atoms with E-state index in [0.717, 1.165) is 10.5 Å². The first-order valence-electron chi connectivity index (χ1n) is 9.77. The predicted molar refractivity (Wildman–Crippen MR) is 124 cm³/mol. The van der Waals surface area contributed by atoms with E-state index >= 15 is 0 Å². The van der Waals surface area contributed by atoms with Crippen molar-refractivity contribution in [1.29, 1.82) is 0 Å². The van der Waals surface area contributed by atoms with Crippen LogP contribution in [0.1, 0.15) is 36.6 Å². The quantitative estimate of drug-likeness (QED) is 0.412. The van der Waals surface area contributed by atoms with Crippen LogP contribution in [-0.4, -0.2) is 30.3 Å². The zero-order valence-electron chi connectivity index (χ0n) is 17.2. The molecule has 1 heterocycles. The summed E-state index contributed by atoms with van der Waals surface area (Å²) in [6.07, 6.45) is 0. The van der Waals surface area contributed by atoms with Crippen LogP contribution in [0.4, 0.5) is 11.4 Å². The SMILES string of the molecule is Cc1ccccc1N1C(=O)c2ccc(C(=O)OCC(=O)Nc3ccc(Cl)cc3Cl)cc2C1=O. The maximum Gasteiger partial charge on any atom is 0.338 e. The molecule has 0 radical (unpaired) electrons. The molecule has 9 heteroatoms. The van der Waals surface area contributed by atoms with Crippen molar-refractivity contribution in [3.05, 3.63) is 93.0 Å². The van der Waals surface area contributed by atoms with Crippen LogP contribution in [0.5, 0.6) is 0 Å². The van der Waals surface area contributed by atoms with Gasteiger partial charge in [-0.25, -0.2) is 9.69 Å². The lowest BCUT2D eigenvalue weighted by Crippen LogP contribution is -2.29.